The van der Waals surface area contributed by atoms with Gasteiger partial charge in [-0.05, 0) is 31.0 Å². The van der Waals surface area contributed by atoms with Crippen molar-refractivity contribution < 1.29 is 4.79 Å². The third-order valence-corrected chi connectivity index (χ3v) is 6.63. The summed E-state index contributed by atoms with van der Waals surface area (Å²) in [7, 11) is 0. The minimum atomic E-state index is 0.0557. The summed E-state index contributed by atoms with van der Waals surface area (Å²) < 4.78 is 1.78. The van der Waals surface area contributed by atoms with Crippen molar-refractivity contribution in [2.45, 2.75) is 44.7 Å². The van der Waals surface area contributed by atoms with Gasteiger partial charge in [0.15, 0.2) is 0 Å². The van der Waals surface area contributed by atoms with Gasteiger partial charge >= 0.3 is 0 Å². The molecule has 29 heavy (non-hydrogen) atoms. The Bertz CT molecular complexity index is 1090. The van der Waals surface area contributed by atoms with Gasteiger partial charge in [0.1, 0.15) is 0 Å². The molecule has 0 N–H and O–H groups in total. The number of amides is 1. The standard InChI is InChI=1S/C23H21Cl2N3O/c24-17-11-5-4-10-16(17)22-21-19(26-28(22)20-13-7-6-12-18(20)25)14-27(23(21)29)15-8-2-1-3-9-15/h4-7,10-13,15H,1-3,8-9,14H2. The molecule has 1 fully saturated rings. The van der Waals surface area contributed by atoms with Gasteiger partial charge in [-0.25, -0.2) is 4.68 Å². The molecule has 1 aliphatic carbocycles. The maximum absolute atomic E-state index is 13.5. The Balaban J connectivity index is 1.67. The van der Waals surface area contributed by atoms with Crippen LogP contribution in [0, 0.1) is 0 Å². The van der Waals surface area contributed by atoms with Crippen LogP contribution >= 0.6 is 23.2 Å². The van der Waals surface area contributed by atoms with Gasteiger partial charge in [0.05, 0.1) is 34.2 Å². The predicted molar refractivity (Wildman–Crippen MR) is 116 cm³/mol. The summed E-state index contributed by atoms with van der Waals surface area (Å²) in [6.07, 6.45) is 5.77. The van der Waals surface area contributed by atoms with Crippen LogP contribution in [-0.2, 0) is 6.54 Å². The highest BCUT2D eigenvalue weighted by Gasteiger charge is 2.39. The van der Waals surface area contributed by atoms with Gasteiger partial charge in [-0.2, -0.15) is 5.10 Å². The highest BCUT2D eigenvalue weighted by Crippen LogP contribution is 2.40. The van der Waals surface area contributed by atoms with E-state index in [1.165, 1.54) is 19.3 Å². The van der Waals surface area contributed by atoms with Crippen LogP contribution in [0.5, 0.6) is 0 Å². The summed E-state index contributed by atoms with van der Waals surface area (Å²) in [5.41, 5.74) is 3.72. The molecule has 1 aromatic heterocycles. The fraction of sp³-hybridized carbons (Fsp3) is 0.304. The fourth-order valence-corrected chi connectivity index (χ4v) is 5.00. The average Bonchev–Trinajstić information content (AvgIpc) is 3.26. The zero-order valence-electron chi connectivity index (χ0n) is 15.9. The van der Waals surface area contributed by atoms with Crippen LogP contribution in [-0.4, -0.2) is 26.6 Å². The smallest absolute Gasteiger partial charge is 0.258 e. The maximum atomic E-state index is 13.5. The quantitative estimate of drug-likeness (QED) is 0.505. The molecule has 0 saturated heterocycles. The third-order valence-electron chi connectivity index (χ3n) is 5.98. The SMILES string of the molecule is O=C1c2c(nn(-c3ccccc3Cl)c2-c2ccccc2Cl)CN1C1CCCCC1. The molecule has 4 nitrogen and oxygen atoms in total. The molecular weight excluding hydrogens is 405 g/mol. The summed E-state index contributed by atoms with van der Waals surface area (Å²) in [5, 5.41) is 6.02. The van der Waals surface area contributed by atoms with Gasteiger partial charge in [-0.15, -0.1) is 0 Å². The van der Waals surface area contributed by atoms with Crippen LogP contribution in [0.4, 0.5) is 0 Å². The maximum Gasteiger partial charge on any atom is 0.258 e. The molecular formula is C23H21Cl2N3O. The van der Waals surface area contributed by atoms with E-state index in [9.17, 15) is 4.79 Å². The molecule has 0 spiro atoms. The van der Waals surface area contributed by atoms with E-state index >= 15 is 0 Å². The molecule has 2 aromatic carbocycles. The Hall–Kier alpha value is -2.30. The Kier molecular flexibility index (Phi) is 4.84. The van der Waals surface area contributed by atoms with E-state index in [0.717, 1.165) is 35.5 Å². The van der Waals surface area contributed by atoms with Crippen molar-refractivity contribution in [2.75, 3.05) is 0 Å². The lowest BCUT2D eigenvalue weighted by atomic mass is 9.94. The second kappa shape index (κ2) is 7.51. The molecule has 1 saturated carbocycles. The Morgan fingerprint density at radius 3 is 2.31 bits per heavy atom. The van der Waals surface area contributed by atoms with E-state index in [2.05, 4.69) is 0 Å². The lowest BCUT2D eigenvalue weighted by Crippen LogP contribution is -2.37. The van der Waals surface area contributed by atoms with Crippen LogP contribution in [0.3, 0.4) is 0 Å². The number of halogens is 2. The van der Waals surface area contributed by atoms with Gasteiger partial charge in [-0.1, -0.05) is 72.8 Å². The van der Waals surface area contributed by atoms with Crippen LogP contribution < -0.4 is 0 Å². The molecule has 1 aliphatic heterocycles. The zero-order chi connectivity index (χ0) is 20.0. The first-order valence-corrected chi connectivity index (χ1v) is 10.8. The molecule has 1 amide bonds. The number of fused-ring (bicyclic) bond motifs is 1. The zero-order valence-corrected chi connectivity index (χ0v) is 17.5. The number of carbonyl (C=O) groups excluding carboxylic acids is 1. The van der Waals surface area contributed by atoms with Crippen LogP contribution in [0.1, 0.15) is 48.2 Å². The van der Waals surface area contributed by atoms with E-state index in [-0.39, 0.29) is 5.91 Å². The second-order valence-corrected chi connectivity index (χ2v) is 8.55. The number of aromatic nitrogens is 2. The molecule has 2 aliphatic rings. The summed E-state index contributed by atoms with van der Waals surface area (Å²) in [4.78, 5) is 15.5. The van der Waals surface area contributed by atoms with Crippen molar-refractivity contribution in [3.63, 3.8) is 0 Å². The number of rotatable bonds is 3. The lowest BCUT2D eigenvalue weighted by Gasteiger charge is -2.31. The molecule has 148 valence electrons. The molecule has 0 radical (unpaired) electrons. The number of hydrogen-bond acceptors (Lipinski definition) is 2. The fourth-order valence-electron chi connectivity index (χ4n) is 4.56. The third kappa shape index (κ3) is 3.15. The first kappa shape index (κ1) is 18.7. The van der Waals surface area contributed by atoms with Gasteiger partial charge in [0.25, 0.3) is 5.91 Å². The first-order chi connectivity index (χ1) is 14.1. The van der Waals surface area contributed by atoms with Gasteiger partial charge < -0.3 is 4.90 Å². The molecule has 3 aromatic rings. The number of para-hydroxylation sites is 1. The largest absolute Gasteiger partial charge is 0.330 e. The lowest BCUT2D eigenvalue weighted by molar-refractivity contribution is 0.0657. The second-order valence-electron chi connectivity index (χ2n) is 7.74. The highest BCUT2D eigenvalue weighted by molar-refractivity contribution is 6.34. The molecule has 5 rings (SSSR count). The van der Waals surface area contributed by atoms with Crippen molar-refractivity contribution in [3.05, 3.63) is 69.8 Å². The summed E-state index contributed by atoms with van der Waals surface area (Å²) >= 11 is 13.0. The van der Waals surface area contributed by atoms with Gasteiger partial charge in [0.2, 0.25) is 0 Å². The minimum absolute atomic E-state index is 0.0557. The number of nitrogens with zero attached hydrogens (tertiary/aromatic N) is 3. The van der Waals surface area contributed by atoms with Crippen LogP contribution in [0.2, 0.25) is 10.0 Å². The average molecular weight is 426 g/mol. The summed E-state index contributed by atoms with van der Waals surface area (Å²) in [5.74, 6) is 0.0557. The van der Waals surface area contributed by atoms with Gasteiger partial charge in [-0.3, -0.25) is 4.79 Å². The van der Waals surface area contributed by atoms with Crippen molar-refractivity contribution in [3.8, 4) is 16.9 Å². The van der Waals surface area contributed by atoms with E-state index in [4.69, 9.17) is 28.3 Å². The van der Waals surface area contributed by atoms with Crippen molar-refractivity contribution in [1.82, 2.24) is 14.7 Å². The molecule has 0 atom stereocenters. The van der Waals surface area contributed by atoms with Crippen molar-refractivity contribution in [2.24, 2.45) is 0 Å². The Morgan fingerprint density at radius 2 is 1.59 bits per heavy atom. The number of benzene rings is 2. The van der Waals surface area contributed by atoms with E-state index in [0.29, 0.717) is 28.2 Å². The van der Waals surface area contributed by atoms with Crippen LogP contribution in [0.15, 0.2) is 48.5 Å². The van der Waals surface area contributed by atoms with Crippen LogP contribution in [0.25, 0.3) is 16.9 Å². The van der Waals surface area contributed by atoms with E-state index < -0.39 is 0 Å². The monoisotopic (exact) mass is 425 g/mol. The van der Waals surface area contributed by atoms with Crippen molar-refractivity contribution >= 4 is 29.1 Å². The summed E-state index contributed by atoms with van der Waals surface area (Å²) in [6.45, 7) is 0.549. The molecule has 2 heterocycles. The van der Waals surface area contributed by atoms with Crippen molar-refractivity contribution in [1.29, 1.82) is 0 Å². The minimum Gasteiger partial charge on any atom is -0.330 e. The van der Waals surface area contributed by atoms with E-state index in [1.54, 1.807) is 4.68 Å². The predicted octanol–water partition coefficient (Wildman–Crippen LogP) is 6.13. The van der Waals surface area contributed by atoms with E-state index in [1.807, 2.05) is 53.4 Å². The number of carbonyl (C=O) groups is 1. The first-order valence-electron chi connectivity index (χ1n) is 10.1. The molecule has 0 bridgehead atoms. The number of hydrogen-bond donors (Lipinski definition) is 0. The molecule has 0 unspecified atom stereocenters. The van der Waals surface area contributed by atoms with Gasteiger partial charge in [0, 0.05) is 16.6 Å². The molecule has 6 heteroatoms. The Morgan fingerprint density at radius 1 is 0.897 bits per heavy atom. The Labute approximate surface area is 180 Å². The highest BCUT2D eigenvalue weighted by atomic mass is 35.5. The summed E-state index contributed by atoms with van der Waals surface area (Å²) in [6, 6.07) is 15.4. The normalized spacial score (nSPS) is 17.0. The topological polar surface area (TPSA) is 38.1 Å².